The van der Waals surface area contributed by atoms with Gasteiger partial charge in [-0.15, -0.1) is 0 Å². The lowest BCUT2D eigenvalue weighted by molar-refractivity contribution is -0.153. The third-order valence-corrected chi connectivity index (χ3v) is 3.49. The smallest absolute Gasteiger partial charge is 0.310 e. The molecule has 0 bridgehead atoms. The summed E-state index contributed by atoms with van der Waals surface area (Å²) in [6, 6.07) is 2.67. The molecule has 0 aromatic heterocycles. The first kappa shape index (κ1) is 16.1. The van der Waals surface area contributed by atoms with Crippen LogP contribution >= 0.6 is 0 Å². The quantitative estimate of drug-likeness (QED) is 0.873. The minimum Gasteiger partial charge on any atom is -0.481 e. The summed E-state index contributed by atoms with van der Waals surface area (Å²) in [5.74, 6) is -3.54. The van der Waals surface area contributed by atoms with E-state index in [4.69, 9.17) is 0 Å². The SMILES string of the molecule is CC(C)C(C)(CC(=O)Nc1cc(F)ccc1F)C(=O)O. The molecule has 1 amide bonds. The first-order valence-corrected chi connectivity index (χ1v) is 6.15. The number of benzene rings is 1. The van der Waals surface area contributed by atoms with Crippen LogP contribution in [-0.4, -0.2) is 17.0 Å². The number of carbonyl (C=O) groups is 2. The Morgan fingerprint density at radius 1 is 1.35 bits per heavy atom. The molecule has 2 N–H and O–H groups in total. The van der Waals surface area contributed by atoms with E-state index < -0.39 is 28.9 Å². The van der Waals surface area contributed by atoms with Crippen molar-refractivity contribution in [1.82, 2.24) is 0 Å². The van der Waals surface area contributed by atoms with E-state index in [9.17, 15) is 23.5 Å². The van der Waals surface area contributed by atoms with E-state index >= 15 is 0 Å². The van der Waals surface area contributed by atoms with E-state index in [0.717, 1.165) is 18.2 Å². The zero-order chi connectivity index (χ0) is 15.5. The number of amides is 1. The maximum Gasteiger partial charge on any atom is 0.310 e. The number of aliphatic carboxylic acids is 1. The van der Waals surface area contributed by atoms with Gasteiger partial charge in [-0.3, -0.25) is 9.59 Å². The Bertz CT molecular complexity index is 531. The van der Waals surface area contributed by atoms with Crippen LogP contribution in [0.25, 0.3) is 0 Å². The van der Waals surface area contributed by atoms with Crippen molar-refractivity contribution in [2.45, 2.75) is 27.2 Å². The van der Waals surface area contributed by atoms with Crippen LogP contribution in [0.2, 0.25) is 0 Å². The third-order valence-electron chi connectivity index (χ3n) is 3.49. The van der Waals surface area contributed by atoms with Gasteiger partial charge in [0.15, 0.2) is 0 Å². The van der Waals surface area contributed by atoms with Crippen LogP contribution in [0.3, 0.4) is 0 Å². The van der Waals surface area contributed by atoms with Crippen molar-refractivity contribution in [1.29, 1.82) is 0 Å². The van der Waals surface area contributed by atoms with Gasteiger partial charge in [0.1, 0.15) is 11.6 Å². The molecule has 0 heterocycles. The minimum atomic E-state index is -1.27. The Labute approximate surface area is 115 Å². The van der Waals surface area contributed by atoms with Gasteiger partial charge >= 0.3 is 5.97 Å². The van der Waals surface area contributed by atoms with Crippen molar-refractivity contribution in [2.24, 2.45) is 11.3 Å². The highest BCUT2D eigenvalue weighted by Crippen LogP contribution is 2.32. The second kappa shape index (κ2) is 5.98. The number of carbonyl (C=O) groups excluding carboxylic acids is 1. The van der Waals surface area contributed by atoms with Gasteiger partial charge in [-0.05, 0) is 25.0 Å². The number of anilines is 1. The highest BCUT2D eigenvalue weighted by atomic mass is 19.1. The zero-order valence-electron chi connectivity index (χ0n) is 11.5. The van der Waals surface area contributed by atoms with E-state index in [1.54, 1.807) is 13.8 Å². The number of halogens is 2. The zero-order valence-corrected chi connectivity index (χ0v) is 11.5. The molecule has 0 aliphatic heterocycles. The molecule has 0 saturated carbocycles. The first-order valence-electron chi connectivity index (χ1n) is 6.15. The number of carboxylic acids is 1. The van der Waals surface area contributed by atoms with E-state index in [-0.39, 0.29) is 18.0 Å². The molecule has 20 heavy (non-hydrogen) atoms. The standard InChI is InChI=1S/C14H17F2NO3/c1-8(2)14(3,13(19)20)7-12(18)17-11-6-9(15)4-5-10(11)16/h4-6,8H,7H2,1-3H3,(H,17,18)(H,19,20). The van der Waals surface area contributed by atoms with Crippen LogP contribution in [0.15, 0.2) is 18.2 Å². The van der Waals surface area contributed by atoms with E-state index in [1.807, 2.05) is 0 Å². The molecule has 1 aromatic carbocycles. The monoisotopic (exact) mass is 285 g/mol. The van der Waals surface area contributed by atoms with Gasteiger partial charge in [-0.25, -0.2) is 8.78 Å². The largest absolute Gasteiger partial charge is 0.481 e. The van der Waals surface area contributed by atoms with Gasteiger partial charge in [-0.2, -0.15) is 0 Å². The molecule has 1 rings (SSSR count). The Morgan fingerprint density at radius 2 is 1.95 bits per heavy atom. The van der Waals surface area contributed by atoms with Crippen molar-refractivity contribution in [3.8, 4) is 0 Å². The molecule has 0 spiro atoms. The van der Waals surface area contributed by atoms with Crippen LogP contribution in [0.4, 0.5) is 14.5 Å². The predicted molar refractivity (Wildman–Crippen MR) is 70.2 cm³/mol. The van der Waals surface area contributed by atoms with E-state index in [1.165, 1.54) is 6.92 Å². The molecule has 0 radical (unpaired) electrons. The molecule has 1 aromatic rings. The Hall–Kier alpha value is -1.98. The van der Waals surface area contributed by atoms with Gasteiger partial charge in [0.25, 0.3) is 0 Å². The fourth-order valence-electron chi connectivity index (χ4n) is 1.65. The highest BCUT2D eigenvalue weighted by molar-refractivity contribution is 5.94. The number of rotatable bonds is 5. The maximum atomic E-state index is 13.4. The third kappa shape index (κ3) is 3.53. The van der Waals surface area contributed by atoms with Gasteiger partial charge < -0.3 is 10.4 Å². The van der Waals surface area contributed by atoms with Gasteiger partial charge in [0, 0.05) is 12.5 Å². The van der Waals surface area contributed by atoms with Gasteiger partial charge in [0.05, 0.1) is 11.1 Å². The summed E-state index contributed by atoms with van der Waals surface area (Å²) in [5, 5.41) is 11.4. The normalized spacial score (nSPS) is 13.9. The Morgan fingerprint density at radius 3 is 2.45 bits per heavy atom. The molecule has 1 atom stereocenters. The van der Waals surface area contributed by atoms with Crippen LogP contribution in [0.5, 0.6) is 0 Å². The van der Waals surface area contributed by atoms with Crippen molar-refractivity contribution in [2.75, 3.05) is 5.32 Å². The van der Waals surface area contributed by atoms with Crippen molar-refractivity contribution >= 4 is 17.6 Å². The van der Waals surface area contributed by atoms with Gasteiger partial charge in [-0.1, -0.05) is 13.8 Å². The van der Waals surface area contributed by atoms with E-state index in [2.05, 4.69) is 5.32 Å². The van der Waals surface area contributed by atoms with Crippen molar-refractivity contribution in [3.63, 3.8) is 0 Å². The predicted octanol–water partition coefficient (Wildman–Crippen LogP) is 3.04. The first-order chi connectivity index (χ1) is 9.16. The molecular weight excluding hydrogens is 268 g/mol. The van der Waals surface area contributed by atoms with E-state index in [0.29, 0.717) is 0 Å². The fourth-order valence-corrected chi connectivity index (χ4v) is 1.65. The molecule has 4 nitrogen and oxygen atoms in total. The summed E-state index contributed by atoms with van der Waals surface area (Å²) in [5.41, 5.74) is -1.57. The average Bonchev–Trinajstić information content (AvgIpc) is 2.33. The summed E-state index contributed by atoms with van der Waals surface area (Å²) < 4.78 is 26.4. The molecule has 0 aliphatic rings. The molecule has 0 saturated heterocycles. The summed E-state index contributed by atoms with van der Waals surface area (Å²) in [6.45, 7) is 4.82. The lowest BCUT2D eigenvalue weighted by Crippen LogP contribution is -2.37. The number of hydrogen-bond donors (Lipinski definition) is 2. The second-order valence-electron chi connectivity index (χ2n) is 5.23. The topological polar surface area (TPSA) is 66.4 Å². The lowest BCUT2D eigenvalue weighted by Gasteiger charge is -2.28. The maximum absolute atomic E-state index is 13.4. The lowest BCUT2D eigenvalue weighted by atomic mass is 9.76. The summed E-state index contributed by atoms with van der Waals surface area (Å²) in [4.78, 5) is 23.1. The highest BCUT2D eigenvalue weighted by Gasteiger charge is 2.38. The van der Waals surface area contributed by atoms with Gasteiger partial charge in [0.2, 0.25) is 5.91 Å². The molecule has 110 valence electrons. The Balaban J connectivity index is 2.87. The van der Waals surface area contributed by atoms with Crippen molar-refractivity contribution in [3.05, 3.63) is 29.8 Å². The summed E-state index contributed by atoms with van der Waals surface area (Å²) in [6.07, 6.45) is -0.323. The second-order valence-corrected chi connectivity index (χ2v) is 5.23. The van der Waals surface area contributed by atoms with Crippen LogP contribution < -0.4 is 5.32 Å². The minimum absolute atomic E-state index is 0.289. The fraction of sp³-hybridized carbons (Fsp3) is 0.429. The molecular formula is C14H17F2NO3. The average molecular weight is 285 g/mol. The number of carboxylic acid groups (broad SMARTS) is 1. The summed E-state index contributed by atoms with van der Waals surface area (Å²) in [7, 11) is 0. The molecule has 0 fully saturated rings. The molecule has 1 unspecified atom stereocenters. The van der Waals surface area contributed by atoms with Crippen LogP contribution in [-0.2, 0) is 9.59 Å². The number of hydrogen-bond acceptors (Lipinski definition) is 2. The summed E-state index contributed by atoms with van der Waals surface area (Å²) >= 11 is 0. The van der Waals surface area contributed by atoms with Crippen LogP contribution in [0.1, 0.15) is 27.2 Å². The number of nitrogens with one attached hydrogen (secondary N) is 1. The van der Waals surface area contributed by atoms with Crippen molar-refractivity contribution < 1.29 is 23.5 Å². The van der Waals surface area contributed by atoms with Crippen LogP contribution in [0, 0.1) is 23.0 Å². The molecule has 0 aliphatic carbocycles. The Kier molecular flexibility index (Phi) is 4.81. The molecule has 6 heteroatoms.